The molecule has 0 saturated heterocycles. The maximum atomic E-state index is 13.8. The van der Waals surface area contributed by atoms with Gasteiger partial charge in [-0.1, -0.05) is 23.5 Å². The van der Waals surface area contributed by atoms with Gasteiger partial charge in [-0.05, 0) is 62.2 Å². The van der Waals surface area contributed by atoms with Crippen molar-refractivity contribution in [2.24, 2.45) is 4.99 Å². The first kappa shape index (κ1) is 24.6. The number of benzene rings is 2. The molecular formula is C27H26N2O7S. The third-order valence-corrected chi connectivity index (χ3v) is 6.97. The summed E-state index contributed by atoms with van der Waals surface area (Å²) in [5, 5.41) is 0. The molecule has 2 aromatic carbocycles. The Morgan fingerprint density at radius 2 is 1.92 bits per heavy atom. The molecule has 1 atom stereocenters. The Bertz CT molecular complexity index is 1600. The summed E-state index contributed by atoms with van der Waals surface area (Å²) < 4.78 is 29.3. The SMILES string of the molecule is COC(=O)C1=C(C)N=c2s/c(=C/c3ccc4c(c3)OCO4)c(=O)n2C1c1ccc(OC(C)C)c(OC)c1. The highest BCUT2D eigenvalue weighted by Crippen LogP contribution is 2.36. The Balaban J connectivity index is 1.68. The second kappa shape index (κ2) is 9.78. The minimum atomic E-state index is -0.760. The topological polar surface area (TPSA) is 97.6 Å². The lowest BCUT2D eigenvalue weighted by atomic mass is 9.95. The highest BCUT2D eigenvalue weighted by Gasteiger charge is 2.33. The van der Waals surface area contributed by atoms with Gasteiger partial charge in [-0.15, -0.1) is 0 Å². The number of carbonyl (C=O) groups excluding carboxylic acids is 1. The molecule has 1 aromatic heterocycles. The van der Waals surface area contributed by atoms with Crippen LogP contribution in [0.5, 0.6) is 23.0 Å². The maximum absolute atomic E-state index is 13.8. The van der Waals surface area contributed by atoms with Gasteiger partial charge in [-0.3, -0.25) is 9.36 Å². The molecule has 0 N–H and O–H groups in total. The third kappa shape index (κ3) is 4.48. The molecule has 192 valence electrons. The van der Waals surface area contributed by atoms with Crippen LogP contribution in [0, 0.1) is 0 Å². The first-order valence-electron chi connectivity index (χ1n) is 11.7. The molecule has 0 amide bonds. The van der Waals surface area contributed by atoms with Crippen molar-refractivity contribution in [3.63, 3.8) is 0 Å². The van der Waals surface area contributed by atoms with Gasteiger partial charge in [0.25, 0.3) is 5.56 Å². The van der Waals surface area contributed by atoms with Crippen LogP contribution < -0.4 is 33.8 Å². The van der Waals surface area contributed by atoms with Gasteiger partial charge in [0.05, 0.1) is 42.2 Å². The molecular weight excluding hydrogens is 496 g/mol. The van der Waals surface area contributed by atoms with E-state index in [4.69, 9.17) is 23.7 Å². The Labute approximate surface area is 216 Å². The number of fused-ring (bicyclic) bond motifs is 2. The van der Waals surface area contributed by atoms with Crippen LogP contribution >= 0.6 is 11.3 Å². The predicted molar refractivity (Wildman–Crippen MR) is 137 cm³/mol. The van der Waals surface area contributed by atoms with Gasteiger partial charge < -0.3 is 23.7 Å². The Morgan fingerprint density at radius 1 is 1.14 bits per heavy atom. The van der Waals surface area contributed by atoms with E-state index in [1.165, 1.54) is 23.0 Å². The fraction of sp³-hybridized carbons (Fsp3) is 0.296. The molecule has 0 bridgehead atoms. The van der Waals surface area contributed by atoms with Gasteiger partial charge in [-0.25, -0.2) is 9.79 Å². The highest BCUT2D eigenvalue weighted by atomic mass is 32.1. The average molecular weight is 523 g/mol. The van der Waals surface area contributed by atoms with Crippen LogP contribution in [-0.2, 0) is 9.53 Å². The van der Waals surface area contributed by atoms with Crippen molar-refractivity contribution in [2.45, 2.75) is 32.9 Å². The minimum absolute atomic E-state index is 0.0543. The summed E-state index contributed by atoms with van der Waals surface area (Å²) in [4.78, 5) is 31.7. The third-order valence-electron chi connectivity index (χ3n) is 5.99. The Morgan fingerprint density at radius 3 is 2.65 bits per heavy atom. The molecule has 0 aliphatic carbocycles. The smallest absolute Gasteiger partial charge is 0.338 e. The van der Waals surface area contributed by atoms with Gasteiger partial charge in [0.1, 0.15) is 0 Å². The van der Waals surface area contributed by atoms with Crippen LogP contribution in [0.15, 0.2) is 57.5 Å². The number of esters is 1. The molecule has 10 heteroatoms. The molecule has 0 saturated carbocycles. The number of methoxy groups -OCH3 is 2. The van der Waals surface area contributed by atoms with Gasteiger partial charge in [0.2, 0.25) is 6.79 Å². The molecule has 37 heavy (non-hydrogen) atoms. The molecule has 0 radical (unpaired) electrons. The van der Waals surface area contributed by atoms with Crippen LogP contribution in [-0.4, -0.2) is 37.7 Å². The second-order valence-electron chi connectivity index (χ2n) is 8.76. The van der Waals surface area contributed by atoms with Crippen LogP contribution in [0.4, 0.5) is 0 Å². The number of allylic oxidation sites excluding steroid dienone is 1. The summed E-state index contributed by atoms with van der Waals surface area (Å²) >= 11 is 1.25. The van der Waals surface area contributed by atoms with Gasteiger partial charge in [0.15, 0.2) is 27.8 Å². The predicted octanol–water partition coefficient (Wildman–Crippen LogP) is 2.93. The molecule has 9 nitrogen and oxygen atoms in total. The van der Waals surface area contributed by atoms with Crippen LogP contribution in [0.2, 0.25) is 0 Å². The highest BCUT2D eigenvalue weighted by molar-refractivity contribution is 7.07. The van der Waals surface area contributed by atoms with Crippen molar-refractivity contribution >= 4 is 23.4 Å². The van der Waals surface area contributed by atoms with E-state index in [9.17, 15) is 9.59 Å². The average Bonchev–Trinajstić information content (AvgIpc) is 3.46. The number of nitrogens with zero attached hydrogens (tertiary/aromatic N) is 2. The summed E-state index contributed by atoms with van der Waals surface area (Å²) in [5.41, 5.74) is 1.94. The summed E-state index contributed by atoms with van der Waals surface area (Å²) in [6, 6.07) is 10.1. The molecule has 5 rings (SSSR count). The number of aromatic nitrogens is 1. The van der Waals surface area contributed by atoms with Crippen molar-refractivity contribution < 1.29 is 28.5 Å². The first-order chi connectivity index (χ1) is 17.8. The number of hydrogen-bond acceptors (Lipinski definition) is 9. The van der Waals surface area contributed by atoms with E-state index in [1.807, 2.05) is 32.0 Å². The largest absolute Gasteiger partial charge is 0.493 e. The van der Waals surface area contributed by atoms with Crippen LogP contribution in [0.25, 0.3) is 6.08 Å². The lowest BCUT2D eigenvalue weighted by Gasteiger charge is -2.25. The number of thiazole rings is 1. The summed E-state index contributed by atoms with van der Waals surface area (Å²) in [6.45, 7) is 5.75. The molecule has 3 heterocycles. The Kier molecular flexibility index (Phi) is 6.51. The first-order valence-corrected chi connectivity index (χ1v) is 12.5. The van der Waals surface area contributed by atoms with E-state index in [0.717, 1.165) is 5.56 Å². The van der Waals surface area contributed by atoms with E-state index in [1.54, 1.807) is 38.3 Å². The summed E-state index contributed by atoms with van der Waals surface area (Å²) in [6.07, 6.45) is 1.72. The van der Waals surface area contributed by atoms with E-state index < -0.39 is 12.0 Å². The fourth-order valence-electron chi connectivity index (χ4n) is 4.37. The zero-order valence-corrected chi connectivity index (χ0v) is 21.9. The van der Waals surface area contributed by atoms with E-state index in [0.29, 0.717) is 43.6 Å². The quantitative estimate of drug-likeness (QED) is 0.459. The standard InChI is InChI=1S/C27H26N2O7S/c1-14(2)36-19-9-7-17(12-20(19)32-4)24-23(26(31)33-5)15(3)28-27-29(24)25(30)22(37-27)11-16-6-8-18-21(10-16)35-13-34-18/h6-12,14,24H,13H2,1-5H3/b22-11+. The van der Waals surface area contributed by atoms with Crippen LogP contribution in [0.3, 0.4) is 0 Å². The fourth-order valence-corrected chi connectivity index (χ4v) is 5.41. The molecule has 3 aromatic rings. The molecule has 0 spiro atoms. The summed E-state index contributed by atoms with van der Waals surface area (Å²) in [5.74, 6) is 1.79. The van der Waals surface area contributed by atoms with Crippen molar-refractivity contribution in [2.75, 3.05) is 21.0 Å². The molecule has 0 fully saturated rings. The van der Waals surface area contributed by atoms with Crippen LogP contribution in [0.1, 0.15) is 37.9 Å². The number of hydrogen-bond donors (Lipinski definition) is 0. The minimum Gasteiger partial charge on any atom is -0.493 e. The van der Waals surface area contributed by atoms with Gasteiger partial charge in [-0.2, -0.15) is 0 Å². The molecule has 2 aliphatic heterocycles. The van der Waals surface area contributed by atoms with Gasteiger partial charge >= 0.3 is 5.97 Å². The van der Waals surface area contributed by atoms with Gasteiger partial charge in [0, 0.05) is 0 Å². The van der Waals surface area contributed by atoms with Crippen molar-refractivity contribution in [1.82, 2.24) is 4.57 Å². The maximum Gasteiger partial charge on any atom is 0.338 e. The normalized spacial score (nSPS) is 16.5. The van der Waals surface area contributed by atoms with E-state index in [-0.39, 0.29) is 24.0 Å². The van der Waals surface area contributed by atoms with Crippen molar-refractivity contribution in [3.8, 4) is 23.0 Å². The second-order valence-corrected chi connectivity index (χ2v) is 9.77. The van der Waals surface area contributed by atoms with E-state index in [2.05, 4.69) is 4.99 Å². The lowest BCUT2D eigenvalue weighted by Crippen LogP contribution is -2.39. The lowest BCUT2D eigenvalue weighted by molar-refractivity contribution is -0.136. The van der Waals surface area contributed by atoms with Crippen molar-refractivity contribution in [3.05, 3.63) is 78.5 Å². The summed E-state index contributed by atoms with van der Waals surface area (Å²) in [7, 11) is 2.86. The van der Waals surface area contributed by atoms with E-state index >= 15 is 0 Å². The number of rotatable bonds is 6. The monoisotopic (exact) mass is 522 g/mol. The Hall–Kier alpha value is -4.05. The zero-order valence-electron chi connectivity index (χ0n) is 21.1. The molecule has 1 unspecified atom stereocenters. The number of ether oxygens (including phenoxy) is 5. The number of carbonyl (C=O) groups is 1. The van der Waals surface area contributed by atoms with Crippen molar-refractivity contribution in [1.29, 1.82) is 0 Å². The molecule has 2 aliphatic rings. The zero-order chi connectivity index (χ0) is 26.3.